The minimum Gasteiger partial charge on any atom is -0.383 e. The Balaban J connectivity index is 2.09. The average molecular weight is 273 g/mol. The molecular weight excluding hydrogens is 250 g/mol. The molecule has 108 valence electrons. The molecule has 20 heavy (non-hydrogen) atoms. The first kappa shape index (κ1) is 14.8. The van der Waals surface area contributed by atoms with Crippen LogP contribution >= 0.6 is 0 Å². The van der Waals surface area contributed by atoms with Gasteiger partial charge in [-0.15, -0.1) is 0 Å². The maximum Gasteiger partial charge on any atom is 0.0954 e. The summed E-state index contributed by atoms with van der Waals surface area (Å²) in [4.78, 5) is 4.31. The number of imidazole rings is 1. The second kappa shape index (κ2) is 7.82. The Kier molecular flexibility index (Phi) is 5.77. The highest BCUT2D eigenvalue weighted by Crippen LogP contribution is 2.23. The summed E-state index contributed by atoms with van der Waals surface area (Å²) in [5.74, 6) is 0. The first-order valence-electron chi connectivity index (χ1n) is 7.12. The molecule has 1 aromatic heterocycles. The first-order valence-corrected chi connectivity index (χ1v) is 7.12. The van der Waals surface area contributed by atoms with Crippen molar-refractivity contribution in [1.82, 2.24) is 14.9 Å². The summed E-state index contributed by atoms with van der Waals surface area (Å²) >= 11 is 0. The second-order valence-electron chi connectivity index (χ2n) is 4.80. The Morgan fingerprint density at radius 2 is 2.10 bits per heavy atom. The third-order valence-corrected chi connectivity index (χ3v) is 3.44. The van der Waals surface area contributed by atoms with E-state index in [-0.39, 0.29) is 0 Å². The quantitative estimate of drug-likeness (QED) is 0.751. The van der Waals surface area contributed by atoms with E-state index in [1.807, 2.05) is 12.5 Å². The maximum atomic E-state index is 5.04. The molecule has 1 unspecified atom stereocenters. The van der Waals surface area contributed by atoms with Gasteiger partial charge in [-0.05, 0) is 12.0 Å². The Labute approximate surface area is 120 Å². The van der Waals surface area contributed by atoms with E-state index in [4.69, 9.17) is 4.74 Å². The van der Waals surface area contributed by atoms with Crippen molar-refractivity contribution in [2.75, 3.05) is 20.3 Å². The molecule has 0 saturated heterocycles. The summed E-state index contributed by atoms with van der Waals surface area (Å²) in [6.45, 7) is 4.60. The minimum atomic E-state index is 0.345. The van der Waals surface area contributed by atoms with Crippen LogP contribution in [0.25, 0.3) is 0 Å². The SMILES string of the molecule is CCC(c1ccccc1)n1cncc1CNCCOC. The maximum absolute atomic E-state index is 5.04. The van der Waals surface area contributed by atoms with Crippen molar-refractivity contribution in [3.63, 3.8) is 0 Å². The first-order chi connectivity index (χ1) is 9.86. The number of aromatic nitrogens is 2. The largest absolute Gasteiger partial charge is 0.383 e. The van der Waals surface area contributed by atoms with Gasteiger partial charge in [-0.1, -0.05) is 37.3 Å². The zero-order chi connectivity index (χ0) is 14.2. The molecule has 0 fully saturated rings. The Hall–Kier alpha value is -1.65. The summed E-state index contributed by atoms with van der Waals surface area (Å²) in [5.41, 5.74) is 2.53. The van der Waals surface area contributed by atoms with Crippen LogP contribution in [0.1, 0.15) is 30.6 Å². The summed E-state index contributed by atoms with van der Waals surface area (Å²) < 4.78 is 7.30. The molecule has 0 aliphatic heterocycles. The number of ether oxygens (including phenoxy) is 1. The molecule has 1 aromatic carbocycles. The van der Waals surface area contributed by atoms with Crippen LogP contribution in [-0.2, 0) is 11.3 Å². The van der Waals surface area contributed by atoms with Gasteiger partial charge in [0, 0.05) is 26.4 Å². The van der Waals surface area contributed by atoms with Crippen molar-refractivity contribution >= 4 is 0 Å². The number of methoxy groups -OCH3 is 1. The van der Waals surface area contributed by atoms with Crippen LogP contribution in [0.15, 0.2) is 42.9 Å². The van der Waals surface area contributed by atoms with Crippen molar-refractivity contribution in [3.05, 3.63) is 54.1 Å². The Morgan fingerprint density at radius 1 is 1.30 bits per heavy atom. The molecule has 0 bridgehead atoms. The summed E-state index contributed by atoms with van der Waals surface area (Å²) in [5, 5.41) is 3.37. The molecule has 1 atom stereocenters. The third kappa shape index (κ3) is 3.68. The summed E-state index contributed by atoms with van der Waals surface area (Å²) in [7, 11) is 1.72. The van der Waals surface area contributed by atoms with Crippen molar-refractivity contribution in [1.29, 1.82) is 0 Å². The molecule has 1 N–H and O–H groups in total. The number of hydrogen-bond acceptors (Lipinski definition) is 3. The Morgan fingerprint density at radius 3 is 2.80 bits per heavy atom. The lowest BCUT2D eigenvalue weighted by molar-refractivity contribution is 0.199. The van der Waals surface area contributed by atoms with Crippen LogP contribution in [0.4, 0.5) is 0 Å². The molecule has 0 radical (unpaired) electrons. The van der Waals surface area contributed by atoms with Gasteiger partial charge >= 0.3 is 0 Å². The van der Waals surface area contributed by atoms with Gasteiger partial charge < -0.3 is 14.6 Å². The molecule has 2 rings (SSSR count). The zero-order valence-corrected chi connectivity index (χ0v) is 12.2. The minimum absolute atomic E-state index is 0.345. The van der Waals surface area contributed by atoms with Gasteiger partial charge in [0.15, 0.2) is 0 Å². The van der Waals surface area contributed by atoms with Crippen LogP contribution in [-0.4, -0.2) is 29.8 Å². The highest BCUT2D eigenvalue weighted by molar-refractivity contribution is 5.21. The molecule has 2 aromatic rings. The van der Waals surface area contributed by atoms with Crippen LogP contribution in [0, 0.1) is 0 Å². The number of rotatable bonds is 8. The van der Waals surface area contributed by atoms with Gasteiger partial charge in [-0.2, -0.15) is 0 Å². The molecule has 0 amide bonds. The number of nitrogens with zero attached hydrogens (tertiary/aromatic N) is 2. The van der Waals surface area contributed by atoms with Crippen molar-refractivity contribution < 1.29 is 4.74 Å². The van der Waals surface area contributed by atoms with E-state index in [2.05, 4.69) is 52.1 Å². The fourth-order valence-corrected chi connectivity index (χ4v) is 2.41. The van der Waals surface area contributed by atoms with Crippen LogP contribution in [0.3, 0.4) is 0 Å². The number of benzene rings is 1. The predicted molar refractivity (Wildman–Crippen MR) is 80.7 cm³/mol. The highest BCUT2D eigenvalue weighted by Gasteiger charge is 2.14. The van der Waals surface area contributed by atoms with E-state index in [1.165, 1.54) is 11.3 Å². The fourth-order valence-electron chi connectivity index (χ4n) is 2.41. The van der Waals surface area contributed by atoms with Gasteiger partial charge in [0.2, 0.25) is 0 Å². The van der Waals surface area contributed by atoms with Gasteiger partial charge in [-0.25, -0.2) is 4.98 Å². The smallest absolute Gasteiger partial charge is 0.0954 e. The number of nitrogens with one attached hydrogen (secondary N) is 1. The van der Waals surface area contributed by atoms with Crippen molar-refractivity contribution in [3.8, 4) is 0 Å². The second-order valence-corrected chi connectivity index (χ2v) is 4.80. The lowest BCUT2D eigenvalue weighted by Crippen LogP contribution is -2.22. The van der Waals surface area contributed by atoms with Crippen LogP contribution in [0.2, 0.25) is 0 Å². The third-order valence-electron chi connectivity index (χ3n) is 3.44. The predicted octanol–water partition coefficient (Wildman–Crippen LogP) is 2.62. The van der Waals surface area contributed by atoms with E-state index < -0.39 is 0 Å². The highest BCUT2D eigenvalue weighted by atomic mass is 16.5. The van der Waals surface area contributed by atoms with Crippen LogP contribution in [0.5, 0.6) is 0 Å². The molecule has 0 spiro atoms. The average Bonchev–Trinajstić information content (AvgIpc) is 2.94. The lowest BCUT2D eigenvalue weighted by Gasteiger charge is -2.20. The lowest BCUT2D eigenvalue weighted by atomic mass is 10.0. The normalized spacial score (nSPS) is 12.5. The van der Waals surface area contributed by atoms with Crippen molar-refractivity contribution in [2.24, 2.45) is 0 Å². The zero-order valence-electron chi connectivity index (χ0n) is 12.2. The molecule has 0 aliphatic carbocycles. The molecule has 4 nitrogen and oxygen atoms in total. The standard InChI is InChI=1S/C16H23N3O/c1-3-16(14-7-5-4-6-8-14)19-13-18-12-15(19)11-17-9-10-20-2/h4-8,12-13,16-17H,3,9-11H2,1-2H3. The van der Waals surface area contributed by atoms with E-state index in [1.54, 1.807) is 7.11 Å². The van der Waals surface area contributed by atoms with Gasteiger partial charge in [0.25, 0.3) is 0 Å². The van der Waals surface area contributed by atoms with E-state index in [0.29, 0.717) is 6.04 Å². The monoisotopic (exact) mass is 273 g/mol. The van der Waals surface area contributed by atoms with E-state index in [9.17, 15) is 0 Å². The summed E-state index contributed by atoms with van der Waals surface area (Å²) in [6.07, 6.45) is 4.91. The van der Waals surface area contributed by atoms with Gasteiger partial charge in [0.05, 0.1) is 24.7 Å². The number of hydrogen-bond donors (Lipinski definition) is 1. The fraction of sp³-hybridized carbons (Fsp3) is 0.438. The molecule has 0 saturated carbocycles. The molecule has 0 aliphatic rings. The molecular formula is C16H23N3O. The Bertz CT molecular complexity index is 495. The topological polar surface area (TPSA) is 39.1 Å². The van der Waals surface area contributed by atoms with E-state index in [0.717, 1.165) is 26.1 Å². The van der Waals surface area contributed by atoms with E-state index >= 15 is 0 Å². The van der Waals surface area contributed by atoms with Crippen LogP contribution < -0.4 is 5.32 Å². The van der Waals surface area contributed by atoms with Crippen molar-refractivity contribution in [2.45, 2.75) is 25.9 Å². The molecule has 1 heterocycles. The molecule has 4 heteroatoms. The van der Waals surface area contributed by atoms with Gasteiger partial charge in [-0.3, -0.25) is 0 Å². The van der Waals surface area contributed by atoms with Gasteiger partial charge in [0.1, 0.15) is 0 Å². The summed E-state index contributed by atoms with van der Waals surface area (Å²) in [6, 6.07) is 10.9.